The molecule has 0 saturated heterocycles. The zero-order valence-electron chi connectivity index (χ0n) is 20.7. The van der Waals surface area contributed by atoms with E-state index in [9.17, 15) is 0 Å². The van der Waals surface area contributed by atoms with E-state index in [0.29, 0.717) is 43.7 Å². The average molecular weight is 542 g/mol. The van der Waals surface area contributed by atoms with Gasteiger partial charge in [-0.05, 0) is 96.8 Å². The highest BCUT2D eigenvalue weighted by molar-refractivity contribution is 7.85. The van der Waals surface area contributed by atoms with Crippen molar-refractivity contribution in [1.29, 1.82) is 0 Å². The molecule has 6 nitrogen and oxygen atoms in total. The Hall–Kier alpha value is -3.98. The van der Waals surface area contributed by atoms with Gasteiger partial charge in [-0.1, -0.05) is 24.3 Å². The fourth-order valence-corrected chi connectivity index (χ4v) is 10.2. The Bertz CT molecular complexity index is 1570. The Morgan fingerprint density at radius 3 is 1.03 bits per heavy atom. The standard InChI is InChI=1S/C30H24O6P2/c1-21-9-3-11-23(37(31,25-13-5-17-33-25)26-14-6-18-34-26)29(21)30-22(2)10-4-12-24(30)38(32,27-15-7-19-35-27)28-16-8-20-36-28/h3-20H,1-2H3. The van der Waals surface area contributed by atoms with Gasteiger partial charge in [-0.25, -0.2) is 0 Å². The molecule has 0 aliphatic rings. The molecule has 0 unspecified atom stereocenters. The Morgan fingerprint density at radius 2 is 0.763 bits per heavy atom. The molecule has 4 aromatic heterocycles. The summed E-state index contributed by atoms with van der Waals surface area (Å²) in [5.74, 6) is 0. The van der Waals surface area contributed by atoms with Gasteiger partial charge in [0.2, 0.25) is 14.3 Å². The van der Waals surface area contributed by atoms with E-state index in [2.05, 4.69) is 0 Å². The number of hydrogen-bond donors (Lipinski definition) is 0. The number of hydrogen-bond acceptors (Lipinski definition) is 6. The van der Waals surface area contributed by atoms with Crippen LogP contribution >= 0.6 is 14.3 Å². The van der Waals surface area contributed by atoms with Crippen molar-refractivity contribution < 1.29 is 26.8 Å². The summed E-state index contributed by atoms with van der Waals surface area (Å²) in [7, 11) is -7.19. The molecule has 0 spiro atoms. The van der Waals surface area contributed by atoms with Crippen molar-refractivity contribution in [2.75, 3.05) is 0 Å². The molecular formula is C30H24O6P2. The molecule has 190 valence electrons. The first-order valence-corrected chi connectivity index (χ1v) is 15.4. The molecule has 0 bridgehead atoms. The zero-order chi connectivity index (χ0) is 26.3. The average Bonchev–Trinajstić information content (AvgIpc) is 3.75. The molecule has 0 saturated carbocycles. The van der Waals surface area contributed by atoms with Crippen LogP contribution in [0.5, 0.6) is 0 Å². The molecule has 6 rings (SSSR count). The summed E-state index contributed by atoms with van der Waals surface area (Å²) < 4.78 is 53.2. The zero-order valence-corrected chi connectivity index (χ0v) is 22.5. The second-order valence-corrected chi connectivity index (χ2v) is 14.1. The van der Waals surface area contributed by atoms with Gasteiger partial charge in [0.25, 0.3) is 0 Å². The molecule has 8 heteroatoms. The third-order valence-corrected chi connectivity index (χ3v) is 12.3. The lowest BCUT2D eigenvalue weighted by atomic mass is 9.96. The molecular weight excluding hydrogens is 518 g/mol. The summed E-state index contributed by atoms with van der Waals surface area (Å²) in [6.45, 7) is 3.91. The van der Waals surface area contributed by atoms with E-state index in [1.165, 1.54) is 25.1 Å². The van der Waals surface area contributed by atoms with Crippen molar-refractivity contribution in [2.45, 2.75) is 13.8 Å². The molecule has 0 N–H and O–H groups in total. The van der Waals surface area contributed by atoms with Gasteiger partial charge in [-0.2, -0.15) is 0 Å². The molecule has 0 aliphatic heterocycles. The van der Waals surface area contributed by atoms with E-state index >= 15 is 9.13 Å². The lowest BCUT2D eigenvalue weighted by molar-refractivity contribution is 0.552. The molecule has 2 aromatic carbocycles. The highest BCUT2D eigenvalue weighted by atomic mass is 31.2. The largest absolute Gasteiger partial charge is 0.461 e. The maximum absolute atomic E-state index is 15.1. The fraction of sp³-hybridized carbons (Fsp3) is 0.0667. The van der Waals surface area contributed by atoms with Crippen LogP contribution in [-0.4, -0.2) is 0 Å². The lowest BCUT2D eigenvalue weighted by Gasteiger charge is -2.25. The van der Waals surface area contributed by atoms with Gasteiger partial charge in [0, 0.05) is 10.6 Å². The maximum Gasteiger partial charge on any atom is 0.238 e. The molecule has 0 radical (unpaired) electrons. The van der Waals surface area contributed by atoms with Crippen LogP contribution in [0.2, 0.25) is 0 Å². The van der Waals surface area contributed by atoms with Crippen LogP contribution < -0.4 is 32.6 Å². The van der Waals surface area contributed by atoms with Crippen molar-refractivity contribution in [3.63, 3.8) is 0 Å². The number of rotatable bonds is 7. The first-order chi connectivity index (χ1) is 18.5. The van der Waals surface area contributed by atoms with Gasteiger partial charge in [-0.3, -0.25) is 0 Å². The van der Waals surface area contributed by atoms with Crippen molar-refractivity contribution in [2.24, 2.45) is 0 Å². The van der Waals surface area contributed by atoms with Crippen LogP contribution in [-0.2, 0) is 9.13 Å². The Balaban J connectivity index is 1.72. The number of benzene rings is 2. The minimum Gasteiger partial charge on any atom is -0.461 e. The maximum atomic E-state index is 15.1. The van der Waals surface area contributed by atoms with E-state index in [-0.39, 0.29) is 0 Å². The highest BCUT2D eigenvalue weighted by Gasteiger charge is 2.42. The van der Waals surface area contributed by atoms with E-state index in [0.717, 1.165) is 11.1 Å². The third kappa shape index (κ3) is 3.64. The summed E-state index contributed by atoms with van der Waals surface area (Å²) in [5, 5.41) is 1.06. The van der Waals surface area contributed by atoms with Gasteiger partial charge in [-0.15, -0.1) is 0 Å². The van der Waals surface area contributed by atoms with Crippen molar-refractivity contribution in [3.8, 4) is 11.1 Å². The van der Waals surface area contributed by atoms with Crippen molar-refractivity contribution >= 4 is 46.9 Å². The Kier molecular flexibility index (Phi) is 6.03. The van der Waals surface area contributed by atoms with Crippen molar-refractivity contribution in [3.05, 3.63) is 121 Å². The molecule has 38 heavy (non-hydrogen) atoms. The van der Waals surface area contributed by atoms with Crippen LogP contribution in [0, 0.1) is 13.8 Å². The quantitative estimate of drug-likeness (QED) is 0.244. The number of aryl methyl sites for hydroxylation is 2. The van der Waals surface area contributed by atoms with Crippen LogP contribution in [0.1, 0.15) is 11.1 Å². The summed E-state index contributed by atoms with van der Waals surface area (Å²) in [5.41, 5.74) is 4.34. The predicted molar refractivity (Wildman–Crippen MR) is 149 cm³/mol. The summed E-state index contributed by atoms with van der Waals surface area (Å²) in [6.07, 6.45) is 6.01. The fourth-order valence-electron chi connectivity index (χ4n) is 4.97. The molecule has 0 fully saturated rings. The third-order valence-electron chi connectivity index (χ3n) is 6.70. The second kappa shape index (κ2) is 9.40. The minimum atomic E-state index is -3.59. The van der Waals surface area contributed by atoms with Crippen LogP contribution in [0.25, 0.3) is 11.1 Å². The van der Waals surface area contributed by atoms with Crippen LogP contribution in [0.15, 0.2) is 128 Å². The smallest absolute Gasteiger partial charge is 0.238 e. The van der Waals surface area contributed by atoms with Crippen molar-refractivity contribution in [1.82, 2.24) is 0 Å². The molecule has 6 aromatic rings. The highest BCUT2D eigenvalue weighted by Crippen LogP contribution is 2.50. The van der Waals surface area contributed by atoms with Crippen LogP contribution in [0.4, 0.5) is 0 Å². The monoisotopic (exact) mass is 542 g/mol. The van der Waals surface area contributed by atoms with Gasteiger partial charge >= 0.3 is 0 Å². The Labute approximate surface area is 219 Å². The van der Waals surface area contributed by atoms with Gasteiger partial charge in [0.1, 0.15) is 0 Å². The SMILES string of the molecule is Cc1cccc(P(=O)(c2ccco2)c2ccco2)c1-c1c(C)cccc1P(=O)(c1ccco1)c1ccco1. The second-order valence-electron chi connectivity index (χ2n) is 8.96. The van der Waals surface area contributed by atoms with Gasteiger partial charge in [0.15, 0.2) is 22.0 Å². The molecule has 4 heterocycles. The first-order valence-electron chi connectivity index (χ1n) is 12.0. The molecule has 0 aliphatic carbocycles. The van der Waals surface area contributed by atoms with Gasteiger partial charge in [0.05, 0.1) is 25.1 Å². The van der Waals surface area contributed by atoms with E-state index in [4.69, 9.17) is 17.7 Å². The summed E-state index contributed by atoms with van der Waals surface area (Å²) >= 11 is 0. The summed E-state index contributed by atoms with van der Waals surface area (Å²) in [4.78, 5) is 0. The predicted octanol–water partition coefficient (Wildman–Crippen LogP) is 5.62. The van der Waals surface area contributed by atoms with E-state index in [1.54, 1.807) is 48.5 Å². The van der Waals surface area contributed by atoms with E-state index < -0.39 is 14.3 Å². The number of furan rings is 4. The minimum absolute atomic E-state index is 0.301. The first kappa shape index (κ1) is 24.4. The topological polar surface area (TPSA) is 86.7 Å². The molecule has 0 atom stereocenters. The van der Waals surface area contributed by atoms with Gasteiger partial charge < -0.3 is 26.8 Å². The normalized spacial score (nSPS) is 12.2. The van der Waals surface area contributed by atoms with E-state index in [1.807, 2.05) is 50.2 Å². The summed E-state index contributed by atoms with van der Waals surface area (Å²) in [6, 6.07) is 24.9. The van der Waals surface area contributed by atoms with Crippen LogP contribution in [0.3, 0.4) is 0 Å². The Morgan fingerprint density at radius 1 is 0.447 bits per heavy atom. The molecule has 0 amide bonds. The lowest BCUT2D eigenvalue weighted by Crippen LogP contribution is -2.29.